The Hall–Kier alpha value is 0.350. The van der Waals surface area contributed by atoms with Crippen LogP contribution in [0.3, 0.4) is 0 Å². The van der Waals surface area contributed by atoms with Crippen molar-refractivity contribution in [2.45, 2.75) is 77.2 Å². The molecule has 0 aliphatic heterocycles. The summed E-state index contributed by atoms with van der Waals surface area (Å²) in [6.45, 7) is 3.31. The second-order valence-corrected chi connectivity index (χ2v) is 6.06. The zero-order valence-corrected chi connectivity index (χ0v) is 17.1. The van der Waals surface area contributed by atoms with E-state index in [9.17, 15) is 15.0 Å². The summed E-state index contributed by atoms with van der Waals surface area (Å²) in [6, 6.07) is 0. The van der Waals surface area contributed by atoms with Crippen molar-refractivity contribution in [1.29, 1.82) is 0 Å². The van der Waals surface area contributed by atoms with Crippen LogP contribution >= 0.6 is 0 Å². The van der Waals surface area contributed by atoms with Crippen LogP contribution in [-0.4, -0.2) is 53.4 Å². The van der Waals surface area contributed by atoms with Crippen LogP contribution in [0, 0.1) is 0 Å². The van der Waals surface area contributed by atoms with E-state index in [4.69, 9.17) is 5.11 Å². The van der Waals surface area contributed by atoms with Gasteiger partial charge in [-0.2, -0.15) is 0 Å². The van der Waals surface area contributed by atoms with Crippen molar-refractivity contribution in [3.05, 3.63) is 0 Å². The summed E-state index contributed by atoms with van der Waals surface area (Å²) in [5.41, 5.74) is 0. The summed E-state index contributed by atoms with van der Waals surface area (Å²) < 4.78 is 0. The number of unbranched alkanes of at least 4 members (excludes halogenated alkanes) is 7. The molecule has 0 saturated heterocycles. The molecule has 0 heterocycles. The Labute approximate surface area is 163 Å². The van der Waals surface area contributed by atoms with Crippen LogP contribution in [0.25, 0.3) is 0 Å². The number of nitrogens with zero attached hydrogens (tertiary/aromatic N) is 1. The Kier molecular flexibility index (Phi) is 20.8. The van der Waals surface area contributed by atoms with Gasteiger partial charge in [0, 0.05) is 25.6 Å². The van der Waals surface area contributed by atoms with Gasteiger partial charge in [0.2, 0.25) is 0 Å². The van der Waals surface area contributed by atoms with Crippen LogP contribution in [0.4, 0.5) is 0 Å². The third-order valence-corrected chi connectivity index (χ3v) is 3.91. The van der Waals surface area contributed by atoms with E-state index in [-0.39, 0.29) is 42.6 Å². The van der Waals surface area contributed by atoms with Gasteiger partial charge in [0.1, 0.15) is 0 Å². The first-order valence-electron chi connectivity index (χ1n) is 8.81. The van der Waals surface area contributed by atoms with Gasteiger partial charge in [0.25, 0.3) is 0 Å². The van der Waals surface area contributed by atoms with Crippen molar-refractivity contribution in [3.63, 3.8) is 0 Å². The first-order chi connectivity index (χ1) is 10.6. The van der Waals surface area contributed by atoms with E-state index in [1.54, 1.807) is 4.90 Å². The van der Waals surface area contributed by atoms with E-state index in [1.165, 1.54) is 38.5 Å². The Morgan fingerprint density at radius 1 is 1.04 bits per heavy atom. The maximum atomic E-state index is 10.5. The average molecular weight is 339 g/mol. The molecular formula is C17H34NNaO4. The van der Waals surface area contributed by atoms with E-state index >= 15 is 0 Å². The zero-order valence-electron chi connectivity index (χ0n) is 15.1. The number of carboxylic acid groups (broad SMARTS) is 1. The predicted octanol–water partition coefficient (Wildman–Crippen LogP) is -1.68. The van der Waals surface area contributed by atoms with Gasteiger partial charge in [-0.05, 0) is 12.8 Å². The molecule has 0 amide bonds. The molecule has 0 radical (unpaired) electrons. The molecule has 0 aliphatic carbocycles. The number of aliphatic carboxylic acids is 1. The predicted molar refractivity (Wildman–Crippen MR) is 86.4 cm³/mol. The molecule has 132 valence electrons. The number of carbonyl (C=O) groups is 1. The van der Waals surface area contributed by atoms with E-state index in [0.717, 1.165) is 19.3 Å². The van der Waals surface area contributed by atoms with Gasteiger partial charge in [-0.25, -0.2) is 0 Å². The molecule has 2 N–H and O–H groups in total. The van der Waals surface area contributed by atoms with E-state index in [2.05, 4.69) is 6.92 Å². The molecule has 0 saturated carbocycles. The second-order valence-electron chi connectivity index (χ2n) is 6.06. The van der Waals surface area contributed by atoms with Gasteiger partial charge in [0.15, 0.2) is 0 Å². The fraction of sp³-hybridized carbons (Fsp3) is 0.941. The quantitative estimate of drug-likeness (QED) is 0.259. The zero-order chi connectivity index (χ0) is 16.6. The molecule has 23 heavy (non-hydrogen) atoms. The number of carboxylic acids is 1. The molecule has 0 aromatic carbocycles. The Morgan fingerprint density at radius 2 is 1.61 bits per heavy atom. The molecule has 1 unspecified atom stereocenters. The fourth-order valence-electron chi connectivity index (χ4n) is 2.59. The Bertz CT molecular complexity index is 267. The monoisotopic (exact) mass is 339 g/mol. The maximum Gasteiger partial charge on any atom is 1.00 e. The molecule has 5 nitrogen and oxygen atoms in total. The minimum atomic E-state index is -1.10. The van der Waals surface area contributed by atoms with Crippen molar-refractivity contribution >= 4 is 5.97 Å². The third-order valence-electron chi connectivity index (χ3n) is 3.91. The van der Waals surface area contributed by atoms with Crippen LogP contribution in [0.5, 0.6) is 0 Å². The third kappa shape index (κ3) is 18.5. The minimum absolute atomic E-state index is 0. The molecule has 1 atom stereocenters. The number of aliphatic hydroxyl groups excluding tert-OH is 2. The average Bonchev–Trinajstić information content (AvgIpc) is 2.47. The van der Waals surface area contributed by atoms with Crippen LogP contribution in [0.1, 0.15) is 71.1 Å². The fourth-order valence-corrected chi connectivity index (χ4v) is 2.59. The van der Waals surface area contributed by atoms with Crippen LogP contribution in [0.2, 0.25) is 0 Å². The number of aliphatic hydroxyl groups is 2. The Morgan fingerprint density at radius 3 is 2.13 bits per heavy atom. The van der Waals surface area contributed by atoms with Crippen LogP contribution in [-0.2, 0) is 4.79 Å². The topological polar surface area (TPSA) is 83.8 Å². The summed E-state index contributed by atoms with van der Waals surface area (Å²) in [5, 5.41) is 29.4. The van der Waals surface area contributed by atoms with Crippen LogP contribution in [0.15, 0.2) is 0 Å². The molecule has 0 aliphatic rings. The van der Waals surface area contributed by atoms with Gasteiger partial charge in [-0.3, -0.25) is 4.90 Å². The summed E-state index contributed by atoms with van der Waals surface area (Å²) in [7, 11) is 0. The minimum Gasteiger partial charge on any atom is -0.550 e. The first-order valence-corrected chi connectivity index (χ1v) is 8.81. The molecule has 0 fully saturated rings. The van der Waals surface area contributed by atoms with Crippen molar-refractivity contribution in [1.82, 2.24) is 4.90 Å². The van der Waals surface area contributed by atoms with Gasteiger partial charge in [0.05, 0.1) is 12.7 Å². The van der Waals surface area contributed by atoms with Crippen LogP contribution < -0.4 is 34.7 Å². The second kappa shape index (κ2) is 18.7. The smallest absolute Gasteiger partial charge is 0.550 e. The molecule has 0 aromatic heterocycles. The van der Waals surface area contributed by atoms with Crippen molar-refractivity contribution < 1.29 is 49.7 Å². The number of rotatable bonds is 16. The summed E-state index contributed by atoms with van der Waals surface area (Å²) in [5.74, 6) is -1.10. The molecule has 6 heteroatoms. The normalized spacial score (nSPS) is 12.2. The largest absolute Gasteiger partial charge is 1.00 e. The standard InChI is InChI=1S/C17H35NO4.Na/c1-2-3-4-5-6-7-8-9-10-16(20)15-18(13-14-19)12-11-17(21)22;/h16,19-20H,2-15H2,1H3,(H,21,22);/q;+1/p-1. The summed E-state index contributed by atoms with van der Waals surface area (Å²) in [4.78, 5) is 12.3. The molecule has 0 bridgehead atoms. The first kappa shape index (κ1) is 25.6. The number of hydrogen-bond donors (Lipinski definition) is 2. The van der Waals surface area contributed by atoms with E-state index in [0.29, 0.717) is 19.6 Å². The van der Waals surface area contributed by atoms with Gasteiger partial charge in [-0.1, -0.05) is 58.3 Å². The summed E-state index contributed by atoms with van der Waals surface area (Å²) >= 11 is 0. The molecule has 0 rings (SSSR count). The van der Waals surface area contributed by atoms with Gasteiger partial charge in [-0.15, -0.1) is 0 Å². The maximum absolute atomic E-state index is 10.5. The SMILES string of the molecule is CCCCCCCCCCC(O)CN(CCO)CCC(=O)[O-].[Na+]. The Balaban J connectivity index is 0. The van der Waals surface area contributed by atoms with Crippen molar-refractivity contribution in [2.75, 3.05) is 26.2 Å². The van der Waals surface area contributed by atoms with E-state index in [1.807, 2.05) is 0 Å². The van der Waals surface area contributed by atoms with Crippen molar-refractivity contribution in [3.8, 4) is 0 Å². The molecule has 0 aromatic rings. The molecular weight excluding hydrogens is 305 g/mol. The van der Waals surface area contributed by atoms with Gasteiger partial charge < -0.3 is 20.1 Å². The van der Waals surface area contributed by atoms with E-state index < -0.39 is 12.1 Å². The van der Waals surface area contributed by atoms with Crippen molar-refractivity contribution in [2.24, 2.45) is 0 Å². The number of hydrogen-bond acceptors (Lipinski definition) is 5. The number of carbonyl (C=O) groups excluding carboxylic acids is 1. The van der Waals surface area contributed by atoms with Gasteiger partial charge >= 0.3 is 29.6 Å². The summed E-state index contributed by atoms with van der Waals surface area (Å²) in [6.07, 6.45) is 10.1. The molecule has 0 spiro atoms.